The Hall–Kier alpha value is -4.30. The molecule has 0 radical (unpaired) electrons. The van der Waals surface area contributed by atoms with Crippen molar-refractivity contribution in [3.05, 3.63) is 54.1 Å². The quantitative estimate of drug-likeness (QED) is 0.299. The number of rotatable bonds is 7. The summed E-state index contributed by atoms with van der Waals surface area (Å²) in [5.74, 6) is -1.61. The van der Waals surface area contributed by atoms with Crippen LogP contribution in [0.5, 0.6) is 5.75 Å². The number of nitrogens with zero attached hydrogens (tertiary/aromatic N) is 3. The maximum absolute atomic E-state index is 12.4. The van der Waals surface area contributed by atoms with E-state index in [0.29, 0.717) is 24.0 Å². The zero-order valence-corrected chi connectivity index (χ0v) is 22.6. The van der Waals surface area contributed by atoms with E-state index in [1.165, 1.54) is 12.1 Å². The number of aromatic nitrogens is 2. The highest BCUT2D eigenvalue weighted by Crippen LogP contribution is 2.28. The molecule has 228 valence electrons. The molecule has 42 heavy (non-hydrogen) atoms. The maximum atomic E-state index is 12.4. The number of para-hydroxylation sites is 1. The van der Waals surface area contributed by atoms with Gasteiger partial charge in [-0.1, -0.05) is 12.1 Å². The number of fused-ring (bicyclic) bond motifs is 1. The Morgan fingerprint density at radius 3 is 2.10 bits per heavy atom. The molecule has 1 aliphatic carbocycles. The lowest BCUT2D eigenvalue weighted by molar-refractivity contribution is -0.274. The summed E-state index contributed by atoms with van der Waals surface area (Å²) in [4.78, 5) is 32.6. The number of alkyl halides is 6. The molecule has 9 nitrogen and oxygen atoms in total. The van der Waals surface area contributed by atoms with E-state index < -0.39 is 18.5 Å². The number of hydrogen-bond donors (Lipinski definition) is 3. The summed E-state index contributed by atoms with van der Waals surface area (Å²) in [6.07, 6.45) is -6.11. The average molecular weight is 602 g/mol. The first kappa shape index (κ1) is 32.2. The van der Waals surface area contributed by atoms with Crippen LogP contribution < -0.4 is 20.3 Å². The molecule has 2 aromatic carbocycles. The number of benzene rings is 2. The van der Waals surface area contributed by atoms with Crippen LogP contribution >= 0.6 is 0 Å². The molecule has 3 N–H and O–H groups in total. The molecule has 3 aromatic rings. The minimum atomic E-state index is -5.08. The fourth-order valence-corrected chi connectivity index (χ4v) is 4.31. The van der Waals surface area contributed by atoms with Gasteiger partial charge in [0.15, 0.2) is 0 Å². The summed E-state index contributed by atoms with van der Waals surface area (Å²) in [6.45, 7) is 0.517. The van der Waals surface area contributed by atoms with Crippen LogP contribution in [-0.2, 0) is 4.79 Å². The van der Waals surface area contributed by atoms with Crippen molar-refractivity contribution in [3.8, 4) is 5.75 Å². The van der Waals surface area contributed by atoms with Gasteiger partial charge < -0.3 is 25.4 Å². The molecule has 0 saturated heterocycles. The fourth-order valence-electron chi connectivity index (χ4n) is 4.31. The van der Waals surface area contributed by atoms with Crippen LogP contribution in [0.3, 0.4) is 0 Å². The standard InChI is InChI=1S/C25H28F3N5O2.C2HF3O2/c1-33(2)22-20-5-3-4-6-21(20)31-24(32-22)30-18-11-7-16(8-12-18)15-29-23(34)17-9-13-19(14-10-17)35-25(26,27)28;3-2(4,5)1(6)7/h3-6,9-10,13-14,16,18H,7-8,11-12,15H2,1-2H3,(H,29,34)(H,30,31,32);(H,6,7). The van der Waals surface area contributed by atoms with Gasteiger partial charge in [0.1, 0.15) is 11.6 Å². The number of halogens is 6. The first-order valence-electron chi connectivity index (χ1n) is 12.8. The molecule has 1 amide bonds. The van der Waals surface area contributed by atoms with Crippen LogP contribution in [0.15, 0.2) is 48.5 Å². The molecular weight excluding hydrogens is 572 g/mol. The predicted molar refractivity (Wildman–Crippen MR) is 142 cm³/mol. The topological polar surface area (TPSA) is 117 Å². The van der Waals surface area contributed by atoms with E-state index in [2.05, 4.69) is 20.4 Å². The third-order valence-corrected chi connectivity index (χ3v) is 6.33. The molecule has 1 fully saturated rings. The summed E-state index contributed by atoms with van der Waals surface area (Å²) in [7, 11) is 3.92. The second-order valence-corrected chi connectivity index (χ2v) is 9.73. The van der Waals surface area contributed by atoms with Gasteiger partial charge in [-0.2, -0.15) is 18.2 Å². The Labute approximate surface area is 236 Å². The van der Waals surface area contributed by atoms with E-state index in [0.717, 1.165) is 54.5 Å². The zero-order valence-electron chi connectivity index (χ0n) is 22.6. The Bertz CT molecular complexity index is 1360. The number of amides is 1. The molecule has 15 heteroatoms. The molecule has 1 saturated carbocycles. The molecule has 4 rings (SSSR count). The molecule has 1 aliphatic rings. The van der Waals surface area contributed by atoms with Gasteiger partial charge in [0.05, 0.1) is 5.52 Å². The van der Waals surface area contributed by atoms with Crippen LogP contribution in [0.1, 0.15) is 36.0 Å². The predicted octanol–water partition coefficient (Wildman–Crippen LogP) is 5.63. The SMILES string of the molecule is CN(C)c1nc(NC2CCC(CNC(=O)c3ccc(OC(F)(F)F)cc3)CC2)nc2ccccc12.O=C(O)C(F)(F)F. The van der Waals surface area contributed by atoms with E-state index in [4.69, 9.17) is 14.9 Å². The monoisotopic (exact) mass is 601 g/mol. The van der Waals surface area contributed by atoms with E-state index in [9.17, 15) is 31.1 Å². The maximum Gasteiger partial charge on any atom is 0.573 e. The van der Waals surface area contributed by atoms with Gasteiger partial charge in [0.2, 0.25) is 5.95 Å². The van der Waals surface area contributed by atoms with E-state index in [1.807, 2.05) is 43.3 Å². The second-order valence-electron chi connectivity index (χ2n) is 9.73. The van der Waals surface area contributed by atoms with Crippen molar-refractivity contribution in [2.24, 2.45) is 5.92 Å². The largest absolute Gasteiger partial charge is 0.573 e. The van der Waals surface area contributed by atoms with Crippen LogP contribution in [0, 0.1) is 5.92 Å². The molecule has 0 spiro atoms. The van der Waals surface area contributed by atoms with Crippen molar-refractivity contribution >= 4 is 34.5 Å². The highest BCUT2D eigenvalue weighted by molar-refractivity contribution is 5.94. The lowest BCUT2D eigenvalue weighted by atomic mass is 9.86. The van der Waals surface area contributed by atoms with Crippen LogP contribution in [0.25, 0.3) is 10.9 Å². The smallest absolute Gasteiger partial charge is 0.475 e. The number of carbonyl (C=O) groups excluding carboxylic acids is 1. The van der Waals surface area contributed by atoms with E-state index >= 15 is 0 Å². The Morgan fingerprint density at radius 1 is 0.952 bits per heavy atom. The first-order chi connectivity index (χ1) is 19.6. The second kappa shape index (κ2) is 13.6. The van der Waals surface area contributed by atoms with Crippen molar-refractivity contribution in [2.45, 2.75) is 44.3 Å². The third kappa shape index (κ3) is 9.66. The third-order valence-electron chi connectivity index (χ3n) is 6.33. The zero-order chi connectivity index (χ0) is 31.1. The summed E-state index contributed by atoms with van der Waals surface area (Å²) < 4.78 is 72.4. The van der Waals surface area contributed by atoms with Crippen LogP contribution in [-0.4, -0.2) is 66.2 Å². The Kier molecular flexibility index (Phi) is 10.4. The van der Waals surface area contributed by atoms with Crippen molar-refractivity contribution in [3.63, 3.8) is 0 Å². The van der Waals surface area contributed by atoms with Gasteiger partial charge in [-0.05, 0) is 68.0 Å². The highest BCUT2D eigenvalue weighted by atomic mass is 19.4. The van der Waals surface area contributed by atoms with Gasteiger partial charge in [0, 0.05) is 37.6 Å². The number of anilines is 2. The van der Waals surface area contributed by atoms with Gasteiger partial charge in [-0.25, -0.2) is 9.78 Å². The van der Waals surface area contributed by atoms with Crippen molar-refractivity contribution < 1.29 is 45.8 Å². The minimum Gasteiger partial charge on any atom is -0.475 e. The number of carboxylic acids is 1. The summed E-state index contributed by atoms with van der Waals surface area (Å²) >= 11 is 0. The first-order valence-corrected chi connectivity index (χ1v) is 12.8. The number of ether oxygens (including phenoxy) is 1. The van der Waals surface area contributed by atoms with Gasteiger partial charge >= 0.3 is 18.5 Å². The lowest BCUT2D eigenvalue weighted by Gasteiger charge is -2.29. The minimum absolute atomic E-state index is 0.249. The number of aliphatic carboxylic acids is 1. The summed E-state index contributed by atoms with van der Waals surface area (Å²) in [6, 6.07) is 13.1. The Morgan fingerprint density at radius 2 is 1.55 bits per heavy atom. The molecule has 1 heterocycles. The highest BCUT2D eigenvalue weighted by Gasteiger charge is 2.38. The number of nitrogens with one attached hydrogen (secondary N) is 2. The van der Waals surface area contributed by atoms with Crippen molar-refractivity contribution in [1.29, 1.82) is 0 Å². The molecule has 0 atom stereocenters. The number of hydrogen-bond acceptors (Lipinski definition) is 7. The van der Waals surface area contributed by atoms with Crippen molar-refractivity contribution in [1.82, 2.24) is 15.3 Å². The Balaban J connectivity index is 0.000000616. The van der Waals surface area contributed by atoms with Crippen LogP contribution in [0.4, 0.5) is 38.1 Å². The summed E-state index contributed by atoms with van der Waals surface area (Å²) in [5.41, 5.74) is 1.18. The van der Waals surface area contributed by atoms with Gasteiger partial charge in [0.25, 0.3) is 5.91 Å². The molecule has 1 aromatic heterocycles. The summed E-state index contributed by atoms with van der Waals surface area (Å²) in [5, 5.41) is 14.5. The average Bonchev–Trinajstić information content (AvgIpc) is 2.91. The van der Waals surface area contributed by atoms with Gasteiger partial charge in [-0.3, -0.25) is 4.79 Å². The fraction of sp³-hybridized carbons (Fsp3) is 0.407. The lowest BCUT2D eigenvalue weighted by Crippen LogP contribution is -2.34. The molecule has 0 unspecified atom stereocenters. The number of carboxylic acid groups (broad SMARTS) is 1. The molecule has 0 bridgehead atoms. The molecular formula is C27H29F6N5O4. The van der Waals surface area contributed by atoms with E-state index in [-0.39, 0.29) is 17.7 Å². The van der Waals surface area contributed by atoms with E-state index in [1.54, 1.807) is 0 Å². The number of carbonyl (C=O) groups is 2. The van der Waals surface area contributed by atoms with Gasteiger partial charge in [-0.15, -0.1) is 13.2 Å². The van der Waals surface area contributed by atoms with Crippen LogP contribution in [0.2, 0.25) is 0 Å². The normalized spacial score (nSPS) is 17.0. The van der Waals surface area contributed by atoms with Crippen molar-refractivity contribution in [2.75, 3.05) is 30.9 Å². The molecule has 0 aliphatic heterocycles.